The van der Waals surface area contributed by atoms with Gasteiger partial charge < -0.3 is 10.8 Å². The molecular formula is C4H6N2OS. The number of nitrogen functional groups attached to an aromatic ring is 1. The molecule has 0 atom stereocenters. The van der Waals surface area contributed by atoms with Gasteiger partial charge in [-0.05, 0) is 6.92 Å². The van der Waals surface area contributed by atoms with Gasteiger partial charge in [0.25, 0.3) is 0 Å². The van der Waals surface area contributed by atoms with Gasteiger partial charge in [0, 0.05) is 0 Å². The highest BCUT2D eigenvalue weighted by Crippen LogP contribution is 2.25. The van der Waals surface area contributed by atoms with Crippen molar-refractivity contribution in [1.29, 1.82) is 0 Å². The molecule has 0 unspecified atom stereocenters. The number of hydrogen-bond acceptors (Lipinski definition) is 4. The van der Waals surface area contributed by atoms with Crippen LogP contribution in [0.2, 0.25) is 0 Å². The molecule has 0 aliphatic rings. The van der Waals surface area contributed by atoms with E-state index in [1.165, 1.54) is 0 Å². The Morgan fingerprint density at radius 2 is 2.38 bits per heavy atom. The van der Waals surface area contributed by atoms with Crippen LogP contribution in [0.1, 0.15) is 5.69 Å². The summed E-state index contributed by atoms with van der Waals surface area (Å²) in [5.41, 5.74) is 5.83. The predicted molar refractivity (Wildman–Crippen MR) is 32.9 cm³/mol. The second-order valence-corrected chi connectivity index (χ2v) is 2.45. The molecule has 3 N–H and O–H groups in total. The van der Waals surface area contributed by atoms with E-state index >= 15 is 0 Å². The molecule has 0 bridgehead atoms. The first kappa shape index (κ1) is 5.37. The zero-order valence-electron chi connectivity index (χ0n) is 4.38. The number of thiazole rings is 1. The van der Waals surface area contributed by atoms with E-state index in [4.69, 9.17) is 10.8 Å². The second kappa shape index (κ2) is 1.63. The molecule has 0 aliphatic carbocycles. The van der Waals surface area contributed by atoms with Crippen molar-refractivity contribution in [2.75, 3.05) is 5.73 Å². The van der Waals surface area contributed by atoms with E-state index in [1.807, 2.05) is 0 Å². The van der Waals surface area contributed by atoms with Crippen LogP contribution in [0.3, 0.4) is 0 Å². The van der Waals surface area contributed by atoms with Gasteiger partial charge in [0.1, 0.15) is 0 Å². The standard InChI is InChI=1S/C4H6N2OS/c1-2-3(7)8-4(5)6-2/h7H,1H3,(H2,5,6). The Morgan fingerprint density at radius 1 is 1.75 bits per heavy atom. The van der Waals surface area contributed by atoms with Crippen LogP contribution >= 0.6 is 11.3 Å². The van der Waals surface area contributed by atoms with Crippen LogP contribution in [0, 0.1) is 6.92 Å². The Balaban J connectivity index is 3.14. The molecule has 0 spiro atoms. The van der Waals surface area contributed by atoms with Crippen LogP contribution in [0.15, 0.2) is 0 Å². The van der Waals surface area contributed by atoms with Crippen LogP contribution in [0.5, 0.6) is 5.06 Å². The zero-order valence-corrected chi connectivity index (χ0v) is 5.20. The van der Waals surface area contributed by atoms with Crippen molar-refractivity contribution < 1.29 is 5.11 Å². The predicted octanol–water partition coefficient (Wildman–Crippen LogP) is 0.739. The lowest BCUT2D eigenvalue weighted by Gasteiger charge is -1.76. The maximum atomic E-state index is 8.82. The van der Waals surface area contributed by atoms with Crippen molar-refractivity contribution in [3.8, 4) is 5.06 Å². The third kappa shape index (κ3) is 0.742. The van der Waals surface area contributed by atoms with E-state index in [-0.39, 0.29) is 5.06 Å². The Kier molecular flexibility index (Phi) is 1.09. The first-order valence-electron chi connectivity index (χ1n) is 2.12. The van der Waals surface area contributed by atoms with Gasteiger partial charge in [-0.3, -0.25) is 0 Å². The summed E-state index contributed by atoms with van der Waals surface area (Å²) in [6.07, 6.45) is 0. The van der Waals surface area contributed by atoms with E-state index in [1.54, 1.807) is 6.92 Å². The zero-order chi connectivity index (χ0) is 6.15. The molecule has 0 aliphatic heterocycles. The van der Waals surface area contributed by atoms with E-state index < -0.39 is 0 Å². The first-order valence-corrected chi connectivity index (χ1v) is 2.93. The Morgan fingerprint density at radius 3 is 2.50 bits per heavy atom. The minimum Gasteiger partial charge on any atom is -0.498 e. The summed E-state index contributed by atoms with van der Waals surface area (Å²) in [6.45, 7) is 1.71. The molecule has 1 aromatic rings. The van der Waals surface area contributed by atoms with Gasteiger partial charge in [-0.25, -0.2) is 4.98 Å². The lowest BCUT2D eigenvalue weighted by Crippen LogP contribution is -1.80. The SMILES string of the molecule is Cc1nc(N)sc1O. The minimum absolute atomic E-state index is 0.211. The highest BCUT2D eigenvalue weighted by molar-refractivity contribution is 7.17. The second-order valence-electron chi connectivity index (χ2n) is 1.44. The Labute approximate surface area is 50.8 Å². The topological polar surface area (TPSA) is 59.1 Å². The number of aryl methyl sites for hydroxylation is 1. The van der Waals surface area contributed by atoms with Gasteiger partial charge in [0.05, 0.1) is 5.69 Å². The molecule has 1 aromatic heterocycles. The summed E-state index contributed by atoms with van der Waals surface area (Å²) in [5, 5.41) is 9.44. The number of nitrogens with two attached hydrogens (primary N) is 1. The molecule has 0 aromatic carbocycles. The van der Waals surface area contributed by atoms with Gasteiger partial charge in [-0.1, -0.05) is 11.3 Å². The summed E-state index contributed by atoms with van der Waals surface area (Å²) in [5.74, 6) is 0. The third-order valence-corrected chi connectivity index (χ3v) is 1.58. The van der Waals surface area contributed by atoms with Crippen LogP contribution in [0.4, 0.5) is 5.13 Å². The van der Waals surface area contributed by atoms with E-state index in [0.717, 1.165) is 11.3 Å². The van der Waals surface area contributed by atoms with Crippen molar-refractivity contribution in [1.82, 2.24) is 4.98 Å². The van der Waals surface area contributed by atoms with Gasteiger partial charge in [0.2, 0.25) is 0 Å². The monoisotopic (exact) mass is 130 g/mol. The molecule has 0 radical (unpaired) electrons. The molecular weight excluding hydrogens is 124 g/mol. The van der Waals surface area contributed by atoms with Crippen molar-refractivity contribution in [3.05, 3.63) is 5.69 Å². The Bertz CT molecular complexity index is 176. The number of rotatable bonds is 0. The smallest absolute Gasteiger partial charge is 0.196 e. The average molecular weight is 130 g/mol. The fourth-order valence-corrected chi connectivity index (χ4v) is 0.983. The third-order valence-electron chi connectivity index (χ3n) is 0.789. The lowest BCUT2D eigenvalue weighted by atomic mass is 10.6. The van der Waals surface area contributed by atoms with Crippen molar-refractivity contribution in [2.45, 2.75) is 6.92 Å². The largest absolute Gasteiger partial charge is 0.498 e. The normalized spacial score (nSPS) is 9.62. The highest BCUT2D eigenvalue weighted by atomic mass is 32.1. The van der Waals surface area contributed by atoms with Crippen LogP contribution in [0.25, 0.3) is 0 Å². The summed E-state index contributed by atoms with van der Waals surface area (Å²) >= 11 is 1.09. The molecule has 44 valence electrons. The summed E-state index contributed by atoms with van der Waals surface area (Å²) < 4.78 is 0. The molecule has 1 heterocycles. The number of aromatic nitrogens is 1. The molecule has 3 nitrogen and oxygen atoms in total. The molecule has 0 saturated heterocycles. The molecule has 0 amide bonds. The highest BCUT2D eigenvalue weighted by Gasteiger charge is 1.99. The molecule has 1 rings (SSSR count). The fraction of sp³-hybridized carbons (Fsp3) is 0.250. The quantitative estimate of drug-likeness (QED) is 0.544. The van der Waals surface area contributed by atoms with Gasteiger partial charge in [-0.15, -0.1) is 0 Å². The molecule has 8 heavy (non-hydrogen) atoms. The van der Waals surface area contributed by atoms with E-state index in [2.05, 4.69) is 4.98 Å². The summed E-state index contributed by atoms with van der Waals surface area (Å²) in [4.78, 5) is 3.76. The molecule has 0 fully saturated rings. The lowest BCUT2D eigenvalue weighted by molar-refractivity contribution is 0.485. The average Bonchev–Trinajstić information content (AvgIpc) is 1.85. The minimum atomic E-state index is 0.211. The number of anilines is 1. The summed E-state index contributed by atoms with van der Waals surface area (Å²) in [7, 11) is 0. The molecule has 0 saturated carbocycles. The van der Waals surface area contributed by atoms with Crippen LogP contribution < -0.4 is 5.73 Å². The number of nitrogens with zero attached hydrogens (tertiary/aromatic N) is 1. The molecule has 4 heteroatoms. The van der Waals surface area contributed by atoms with E-state index in [9.17, 15) is 0 Å². The van der Waals surface area contributed by atoms with Crippen LogP contribution in [-0.2, 0) is 0 Å². The first-order chi connectivity index (χ1) is 3.70. The van der Waals surface area contributed by atoms with Gasteiger partial charge in [-0.2, -0.15) is 0 Å². The van der Waals surface area contributed by atoms with Crippen molar-refractivity contribution in [3.63, 3.8) is 0 Å². The maximum Gasteiger partial charge on any atom is 0.196 e. The number of hydrogen-bond donors (Lipinski definition) is 2. The van der Waals surface area contributed by atoms with Crippen LogP contribution in [-0.4, -0.2) is 10.1 Å². The maximum absolute atomic E-state index is 8.82. The Hall–Kier alpha value is -0.770. The van der Waals surface area contributed by atoms with Crippen molar-refractivity contribution >= 4 is 16.5 Å². The van der Waals surface area contributed by atoms with Gasteiger partial charge >= 0.3 is 0 Å². The van der Waals surface area contributed by atoms with Gasteiger partial charge in [0.15, 0.2) is 10.2 Å². The number of aromatic hydroxyl groups is 1. The summed E-state index contributed by atoms with van der Waals surface area (Å²) in [6, 6.07) is 0. The fourth-order valence-electron chi connectivity index (χ4n) is 0.409. The van der Waals surface area contributed by atoms with E-state index in [0.29, 0.717) is 10.8 Å². The van der Waals surface area contributed by atoms with Crippen molar-refractivity contribution in [2.24, 2.45) is 0 Å².